The zero-order chi connectivity index (χ0) is 19.5. The molecule has 4 aromatic rings. The van der Waals surface area contributed by atoms with E-state index in [4.69, 9.17) is 0 Å². The summed E-state index contributed by atoms with van der Waals surface area (Å²) in [6.07, 6.45) is 4.75. The van der Waals surface area contributed by atoms with Crippen molar-refractivity contribution in [2.24, 2.45) is 0 Å². The van der Waals surface area contributed by atoms with Crippen LogP contribution >= 0.6 is 0 Å². The molecule has 3 heterocycles. The van der Waals surface area contributed by atoms with Crippen molar-refractivity contribution in [3.8, 4) is 0 Å². The molecule has 0 amide bonds. The number of benzene rings is 2. The number of aromatic nitrogens is 4. The molecule has 0 unspecified atom stereocenters. The summed E-state index contributed by atoms with van der Waals surface area (Å²) in [5, 5.41) is 10.2. The van der Waals surface area contributed by atoms with E-state index in [1.807, 2.05) is 12.3 Å². The minimum absolute atomic E-state index is 0.939. The van der Waals surface area contributed by atoms with Crippen LogP contribution in [0.3, 0.4) is 0 Å². The number of hydrogen-bond acceptors (Lipinski definition) is 4. The first-order valence-electron chi connectivity index (χ1n) is 10.4. The molecule has 2 aromatic heterocycles. The molecule has 29 heavy (non-hydrogen) atoms. The molecule has 1 aliphatic heterocycles. The highest BCUT2D eigenvalue weighted by Crippen LogP contribution is 2.17. The van der Waals surface area contributed by atoms with Gasteiger partial charge in [-0.1, -0.05) is 42.5 Å². The first-order chi connectivity index (χ1) is 14.3. The second kappa shape index (κ2) is 8.13. The number of pyridine rings is 1. The van der Waals surface area contributed by atoms with E-state index in [0.717, 1.165) is 62.6 Å². The van der Waals surface area contributed by atoms with Crippen LogP contribution in [0.2, 0.25) is 0 Å². The number of fused-ring (bicyclic) bond motifs is 2. The van der Waals surface area contributed by atoms with Gasteiger partial charge in [0.2, 0.25) is 0 Å². The van der Waals surface area contributed by atoms with E-state index in [0.29, 0.717) is 0 Å². The molecule has 0 fully saturated rings. The molecule has 0 N–H and O–H groups in total. The highest BCUT2D eigenvalue weighted by atomic mass is 15.3. The highest BCUT2D eigenvalue weighted by Gasteiger charge is 2.18. The quantitative estimate of drug-likeness (QED) is 0.528. The third-order valence-electron chi connectivity index (χ3n) is 5.75. The second-order valence-electron chi connectivity index (χ2n) is 7.73. The van der Waals surface area contributed by atoms with Gasteiger partial charge in [-0.2, -0.15) is 0 Å². The summed E-state index contributed by atoms with van der Waals surface area (Å²) in [7, 11) is 0. The molecule has 0 aliphatic carbocycles. The predicted molar refractivity (Wildman–Crippen MR) is 115 cm³/mol. The topological polar surface area (TPSA) is 46.8 Å². The summed E-state index contributed by atoms with van der Waals surface area (Å²) in [6, 6.07) is 21.3. The van der Waals surface area contributed by atoms with Crippen LogP contribution in [0.5, 0.6) is 0 Å². The Kier molecular flexibility index (Phi) is 5.05. The maximum atomic E-state index is 4.49. The Morgan fingerprint density at radius 1 is 0.793 bits per heavy atom. The molecule has 2 aromatic carbocycles. The summed E-state index contributed by atoms with van der Waals surface area (Å²) in [6.45, 7) is 3.96. The molecule has 0 radical (unpaired) electrons. The van der Waals surface area contributed by atoms with E-state index in [2.05, 4.69) is 79.2 Å². The van der Waals surface area contributed by atoms with Gasteiger partial charge in [0.05, 0.1) is 5.52 Å². The van der Waals surface area contributed by atoms with E-state index in [1.54, 1.807) is 0 Å². The standard InChI is InChI=1S/C24H25N5/c1-2-5-19(6-3-1)9-11-23-26-27-24-12-14-28(15-16-29(23)24)18-20-8-10-22-21(17-20)7-4-13-25-22/h1-8,10,13,17H,9,11-12,14-16,18H2. The maximum Gasteiger partial charge on any atom is 0.134 e. The molecule has 0 saturated carbocycles. The Morgan fingerprint density at radius 3 is 2.66 bits per heavy atom. The fraction of sp³-hybridized carbons (Fsp3) is 0.292. The van der Waals surface area contributed by atoms with Crippen molar-refractivity contribution in [2.45, 2.75) is 32.4 Å². The lowest BCUT2D eigenvalue weighted by Crippen LogP contribution is -2.26. The Hall–Kier alpha value is -3.05. The third kappa shape index (κ3) is 4.05. The van der Waals surface area contributed by atoms with Crippen LogP contribution in [0.4, 0.5) is 0 Å². The Bertz CT molecular complexity index is 1100. The van der Waals surface area contributed by atoms with Crippen LogP contribution in [0, 0.1) is 0 Å². The molecular formula is C24H25N5. The van der Waals surface area contributed by atoms with Crippen LogP contribution in [-0.2, 0) is 32.4 Å². The average molecular weight is 383 g/mol. The summed E-state index contributed by atoms with van der Waals surface area (Å²) < 4.78 is 2.34. The molecule has 0 bridgehead atoms. The molecule has 1 aliphatic rings. The monoisotopic (exact) mass is 383 g/mol. The van der Waals surface area contributed by atoms with E-state index in [1.165, 1.54) is 16.5 Å². The number of nitrogens with zero attached hydrogens (tertiary/aromatic N) is 5. The summed E-state index contributed by atoms with van der Waals surface area (Å²) in [4.78, 5) is 6.94. The summed E-state index contributed by atoms with van der Waals surface area (Å²) in [5.41, 5.74) is 3.75. The second-order valence-corrected chi connectivity index (χ2v) is 7.73. The lowest BCUT2D eigenvalue weighted by molar-refractivity contribution is 0.270. The van der Waals surface area contributed by atoms with Gasteiger partial charge >= 0.3 is 0 Å². The van der Waals surface area contributed by atoms with Gasteiger partial charge in [0, 0.05) is 50.6 Å². The van der Waals surface area contributed by atoms with Crippen molar-refractivity contribution in [2.75, 3.05) is 13.1 Å². The first-order valence-corrected chi connectivity index (χ1v) is 10.4. The Balaban J connectivity index is 1.25. The predicted octanol–water partition coefficient (Wildman–Crippen LogP) is 3.67. The average Bonchev–Trinajstić information content (AvgIpc) is 3.05. The van der Waals surface area contributed by atoms with Crippen molar-refractivity contribution in [3.63, 3.8) is 0 Å². The Morgan fingerprint density at radius 2 is 1.72 bits per heavy atom. The van der Waals surface area contributed by atoms with Gasteiger partial charge in [0.15, 0.2) is 0 Å². The Labute approximate surface area is 171 Å². The van der Waals surface area contributed by atoms with Crippen molar-refractivity contribution in [1.29, 1.82) is 0 Å². The van der Waals surface area contributed by atoms with Gasteiger partial charge in [-0.3, -0.25) is 9.88 Å². The van der Waals surface area contributed by atoms with Crippen LogP contribution < -0.4 is 0 Å². The molecule has 5 nitrogen and oxygen atoms in total. The minimum Gasteiger partial charge on any atom is -0.314 e. The summed E-state index contributed by atoms with van der Waals surface area (Å²) in [5.74, 6) is 2.24. The minimum atomic E-state index is 0.939. The lowest BCUT2D eigenvalue weighted by atomic mass is 10.1. The lowest BCUT2D eigenvalue weighted by Gasteiger charge is -2.20. The molecule has 5 heteroatoms. The van der Waals surface area contributed by atoms with Crippen LogP contribution in [0.1, 0.15) is 22.8 Å². The molecule has 146 valence electrons. The fourth-order valence-electron chi connectivity index (χ4n) is 4.15. The normalized spacial score (nSPS) is 14.6. The smallest absolute Gasteiger partial charge is 0.134 e. The molecule has 5 rings (SSSR count). The van der Waals surface area contributed by atoms with E-state index >= 15 is 0 Å². The summed E-state index contributed by atoms with van der Waals surface area (Å²) >= 11 is 0. The van der Waals surface area contributed by atoms with Crippen LogP contribution in [0.25, 0.3) is 10.9 Å². The van der Waals surface area contributed by atoms with Crippen molar-refractivity contribution < 1.29 is 0 Å². The van der Waals surface area contributed by atoms with Gasteiger partial charge in [-0.15, -0.1) is 10.2 Å². The number of rotatable bonds is 5. The zero-order valence-corrected chi connectivity index (χ0v) is 16.5. The molecule has 0 atom stereocenters. The van der Waals surface area contributed by atoms with Crippen LogP contribution in [0.15, 0.2) is 66.9 Å². The van der Waals surface area contributed by atoms with Crippen molar-refractivity contribution >= 4 is 10.9 Å². The van der Waals surface area contributed by atoms with Gasteiger partial charge in [0.25, 0.3) is 0 Å². The molecule has 0 spiro atoms. The zero-order valence-electron chi connectivity index (χ0n) is 16.5. The van der Waals surface area contributed by atoms with E-state index in [-0.39, 0.29) is 0 Å². The van der Waals surface area contributed by atoms with Crippen LogP contribution in [-0.4, -0.2) is 37.7 Å². The van der Waals surface area contributed by atoms with E-state index < -0.39 is 0 Å². The van der Waals surface area contributed by atoms with Crippen molar-refractivity contribution in [3.05, 3.63) is 89.6 Å². The van der Waals surface area contributed by atoms with Gasteiger partial charge in [-0.05, 0) is 35.7 Å². The number of aryl methyl sites for hydroxylation is 2. The van der Waals surface area contributed by atoms with Gasteiger partial charge < -0.3 is 4.57 Å². The third-order valence-corrected chi connectivity index (χ3v) is 5.75. The first kappa shape index (κ1) is 18.0. The highest BCUT2D eigenvalue weighted by molar-refractivity contribution is 5.78. The van der Waals surface area contributed by atoms with Crippen molar-refractivity contribution in [1.82, 2.24) is 24.6 Å². The maximum absolute atomic E-state index is 4.49. The van der Waals surface area contributed by atoms with Gasteiger partial charge in [-0.25, -0.2) is 0 Å². The van der Waals surface area contributed by atoms with Gasteiger partial charge in [0.1, 0.15) is 11.6 Å². The molecular weight excluding hydrogens is 358 g/mol. The molecule has 0 saturated heterocycles. The fourth-order valence-corrected chi connectivity index (χ4v) is 4.15. The largest absolute Gasteiger partial charge is 0.314 e. The van der Waals surface area contributed by atoms with E-state index in [9.17, 15) is 0 Å². The SMILES string of the molecule is c1ccc(CCc2nnc3n2CCN(Cc2ccc4ncccc4c2)CC3)cc1. The number of hydrogen-bond donors (Lipinski definition) is 0.